The van der Waals surface area contributed by atoms with E-state index in [4.69, 9.17) is 0 Å². The maximum atomic E-state index is 11.0. The third-order valence-corrected chi connectivity index (χ3v) is 4.06. The second-order valence-electron chi connectivity index (χ2n) is 5.53. The molecule has 7 nitrogen and oxygen atoms in total. The zero-order valence-electron chi connectivity index (χ0n) is 11.5. The van der Waals surface area contributed by atoms with Gasteiger partial charge in [-0.1, -0.05) is 13.8 Å². The molecule has 3 unspecified atom stereocenters. The summed E-state index contributed by atoms with van der Waals surface area (Å²) in [6, 6.07) is 0. The molecule has 0 fully saturated rings. The van der Waals surface area contributed by atoms with Crippen LogP contribution in [-0.4, -0.2) is 32.1 Å². The Morgan fingerprint density at radius 1 is 1.17 bits per heavy atom. The highest BCUT2D eigenvalue weighted by atomic mass is 16.6. The van der Waals surface area contributed by atoms with Crippen LogP contribution in [0.15, 0.2) is 0 Å². The predicted molar refractivity (Wildman–Crippen MR) is 66.6 cm³/mol. The summed E-state index contributed by atoms with van der Waals surface area (Å²) in [4.78, 5) is 20.9. The average Bonchev–Trinajstić information content (AvgIpc) is 2.26. The fraction of sp³-hybridized carbons (Fsp3) is 1.00. The molecule has 0 aromatic rings. The molecule has 7 heteroatoms. The first-order valence-corrected chi connectivity index (χ1v) is 5.97. The van der Waals surface area contributed by atoms with Crippen molar-refractivity contribution in [3.63, 3.8) is 0 Å². The van der Waals surface area contributed by atoms with Crippen molar-refractivity contribution in [3.05, 3.63) is 20.2 Å². The van der Waals surface area contributed by atoms with Gasteiger partial charge in [0.25, 0.3) is 0 Å². The Morgan fingerprint density at radius 2 is 1.61 bits per heavy atom. The van der Waals surface area contributed by atoms with Gasteiger partial charge in [-0.05, 0) is 6.42 Å². The van der Waals surface area contributed by atoms with Crippen LogP contribution in [0.5, 0.6) is 0 Å². The van der Waals surface area contributed by atoms with Gasteiger partial charge in [0, 0.05) is 43.0 Å². The van der Waals surface area contributed by atoms with Crippen LogP contribution in [-0.2, 0) is 0 Å². The minimum absolute atomic E-state index is 0.0271. The van der Waals surface area contributed by atoms with Crippen LogP contribution in [0.2, 0.25) is 0 Å². The first-order chi connectivity index (χ1) is 8.00. The monoisotopic (exact) mass is 262 g/mol. The molecular weight excluding hydrogens is 240 g/mol. The van der Waals surface area contributed by atoms with Gasteiger partial charge in [0.05, 0.1) is 0 Å². The second kappa shape index (κ2) is 5.60. The van der Waals surface area contributed by atoms with Crippen molar-refractivity contribution in [2.24, 2.45) is 5.92 Å². The van der Waals surface area contributed by atoms with E-state index in [2.05, 4.69) is 0 Å². The van der Waals surface area contributed by atoms with Crippen LogP contribution in [0.25, 0.3) is 0 Å². The number of aliphatic hydroxyl groups is 1. The van der Waals surface area contributed by atoms with Crippen LogP contribution in [0.3, 0.4) is 0 Å². The molecule has 0 bridgehead atoms. The van der Waals surface area contributed by atoms with E-state index >= 15 is 0 Å². The molecule has 0 aromatic carbocycles. The minimum atomic E-state index is -1.50. The van der Waals surface area contributed by atoms with Crippen molar-refractivity contribution in [2.45, 2.75) is 64.6 Å². The lowest BCUT2D eigenvalue weighted by molar-refractivity contribution is -0.584. The van der Waals surface area contributed by atoms with Gasteiger partial charge >= 0.3 is 0 Å². The normalized spacial score (nSPS) is 18.8. The minimum Gasteiger partial charge on any atom is -0.386 e. The Balaban J connectivity index is 4.91. The highest BCUT2D eigenvalue weighted by Gasteiger charge is 2.47. The van der Waals surface area contributed by atoms with E-state index in [9.17, 15) is 25.3 Å². The lowest BCUT2D eigenvalue weighted by Gasteiger charge is -2.30. The second-order valence-corrected chi connectivity index (χ2v) is 5.53. The number of hydrogen-bond donors (Lipinski definition) is 1. The van der Waals surface area contributed by atoms with E-state index in [0.29, 0.717) is 6.42 Å². The smallest absolute Gasteiger partial charge is 0.242 e. The van der Waals surface area contributed by atoms with Crippen LogP contribution in [0, 0.1) is 26.1 Å². The van der Waals surface area contributed by atoms with Crippen LogP contribution in [0.4, 0.5) is 0 Å². The molecule has 0 aromatic heterocycles. The van der Waals surface area contributed by atoms with Gasteiger partial charge in [0.15, 0.2) is 0 Å². The maximum absolute atomic E-state index is 11.0. The Bertz CT molecular complexity index is 331. The molecule has 0 aliphatic rings. The summed E-state index contributed by atoms with van der Waals surface area (Å²) in [5.41, 5.74) is -2.67. The molecule has 0 rings (SSSR count). The lowest BCUT2D eigenvalue weighted by atomic mass is 9.79. The molecular formula is C11H22N2O5. The molecule has 106 valence electrons. The first-order valence-electron chi connectivity index (χ1n) is 5.97. The largest absolute Gasteiger partial charge is 0.386 e. The van der Waals surface area contributed by atoms with E-state index in [1.807, 2.05) is 0 Å². The fourth-order valence-electron chi connectivity index (χ4n) is 1.66. The van der Waals surface area contributed by atoms with Gasteiger partial charge in [-0.15, -0.1) is 0 Å². The third kappa shape index (κ3) is 3.16. The Kier molecular flexibility index (Phi) is 5.21. The summed E-state index contributed by atoms with van der Waals surface area (Å²) in [6.45, 7) is 7.49. The molecule has 0 spiro atoms. The Hall–Kier alpha value is -1.24. The average molecular weight is 262 g/mol. The molecule has 0 aliphatic heterocycles. The van der Waals surface area contributed by atoms with E-state index in [-0.39, 0.29) is 11.3 Å². The van der Waals surface area contributed by atoms with Crippen LogP contribution in [0.1, 0.15) is 47.5 Å². The van der Waals surface area contributed by atoms with Crippen molar-refractivity contribution in [1.82, 2.24) is 0 Å². The van der Waals surface area contributed by atoms with E-state index in [1.165, 1.54) is 20.8 Å². The molecule has 1 N–H and O–H groups in total. The number of rotatable bonds is 7. The van der Waals surface area contributed by atoms with Gasteiger partial charge in [-0.2, -0.15) is 0 Å². The molecule has 0 amide bonds. The summed E-state index contributed by atoms with van der Waals surface area (Å²) in [7, 11) is 0. The number of nitro groups is 2. The van der Waals surface area contributed by atoms with Crippen molar-refractivity contribution in [1.29, 1.82) is 0 Å². The third-order valence-electron chi connectivity index (χ3n) is 4.06. The van der Waals surface area contributed by atoms with E-state index in [0.717, 1.165) is 0 Å². The van der Waals surface area contributed by atoms with Crippen molar-refractivity contribution < 1.29 is 15.0 Å². The van der Waals surface area contributed by atoms with Crippen molar-refractivity contribution in [3.8, 4) is 0 Å². The number of nitrogens with zero attached hydrogens (tertiary/aromatic N) is 2. The van der Waals surface area contributed by atoms with Crippen LogP contribution >= 0.6 is 0 Å². The summed E-state index contributed by atoms with van der Waals surface area (Å²) in [5.74, 6) is -0.452. The zero-order valence-corrected chi connectivity index (χ0v) is 11.5. The van der Waals surface area contributed by atoms with Gasteiger partial charge in [0.2, 0.25) is 11.1 Å². The van der Waals surface area contributed by atoms with Gasteiger partial charge in [-0.25, -0.2) is 0 Å². The maximum Gasteiger partial charge on any atom is 0.242 e. The van der Waals surface area contributed by atoms with Crippen LogP contribution < -0.4 is 0 Å². The fourth-order valence-corrected chi connectivity index (χ4v) is 1.66. The summed E-state index contributed by atoms with van der Waals surface area (Å²) in [5, 5.41) is 31.8. The van der Waals surface area contributed by atoms with Gasteiger partial charge in [-0.3, -0.25) is 20.2 Å². The highest BCUT2D eigenvalue weighted by molar-refractivity contribution is 4.86. The van der Waals surface area contributed by atoms with Crippen molar-refractivity contribution in [2.75, 3.05) is 0 Å². The molecule has 18 heavy (non-hydrogen) atoms. The molecule has 0 heterocycles. The van der Waals surface area contributed by atoms with E-state index in [1.54, 1.807) is 13.8 Å². The molecule has 3 atom stereocenters. The SMILES string of the molecule is CCC(C)(C(C)CC(O)C(C)(C)[N+](=O)[O-])[N+](=O)[O-]. The highest BCUT2D eigenvalue weighted by Crippen LogP contribution is 2.31. The van der Waals surface area contributed by atoms with Crippen molar-refractivity contribution >= 4 is 0 Å². The molecule has 0 aliphatic carbocycles. The first kappa shape index (κ1) is 16.8. The topological polar surface area (TPSA) is 107 Å². The Labute approximate surface area is 106 Å². The Morgan fingerprint density at radius 3 is 1.89 bits per heavy atom. The summed E-state index contributed by atoms with van der Waals surface area (Å²) in [6.07, 6.45) is -0.875. The number of aliphatic hydroxyl groups excluding tert-OH is 1. The summed E-state index contributed by atoms with van der Waals surface area (Å²) < 4.78 is 0. The number of hydrogen-bond acceptors (Lipinski definition) is 5. The van der Waals surface area contributed by atoms with E-state index < -0.39 is 28.0 Å². The molecule has 0 saturated heterocycles. The standard InChI is InChI=1S/C11H22N2O5/c1-6-11(5,13(17)18)8(2)7-9(14)10(3,4)12(15)16/h8-9,14H,6-7H2,1-5H3. The molecule has 0 radical (unpaired) electrons. The lowest BCUT2D eigenvalue weighted by Crippen LogP contribution is -2.48. The van der Waals surface area contributed by atoms with Gasteiger partial charge in [0.1, 0.15) is 6.10 Å². The quantitative estimate of drug-likeness (QED) is 0.556. The van der Waals surface area contributed by atoms with Gasteiger partial charge < -0.3 is 5.11 Å². The molecule has 0 saturated carbocycles. The summed E-state index contributed by atoms with van der Waals surface area (Å²) >= 11 is 0. The zero-order chi connectivity index (χ0) is 14.7. The predicted octanol–water partition coefficient (Wildman–Crippen LogP) is 1.87.